The van der Waals surface area contributed by atoms with Crippen molar-refractivity contribution in [2.75, 3.05) is 31.1 Å². The van der Waals surface area contributed by atoms with Gasteiger partial charge in [-0.05, 0) is 18.2 Å². The number of imidazole rings is 1. The Morgan fingerprint density at radius 3 is 2.23 bits per heavy atom. The molecule has 1 amide bonds. The third kappa shape index (κ3) is 5.43. The number of hydrogen-bond donors (Lipinski definition) is 2. The molecular formula is C21H20N4O5S. The predicted molar refractivity (Wildman–Crippen MR) is 116 cm³/mol. The molecule has 3 aromatic rings. The van der Waals surface area contributed by atoms with Crippen LogP contribution in [0.5, 0.6) is 0 Å². The Balaban J connectivity index is 1.70. The number of amides is 1. The highest BCUT2D eigenvalue weighted by molar-refractivity contribution is 7.99. The molecule has 0 spiro atoms. The van der Waals surface area contributed by atoms with Crippen molar-refractivity contribution < 1.29 is 23.9 Å². The van der Waals surface area contributed by atoms with Gasteiger partial charge in [0.15, 0.2) is 5.16 Å². The van der Waals surface area contributed by atoms with Gasteiger partial charge >= 0.3 is 11.9 Å². The molecule has 160 valence electrons. The second-order valence-corrected chi connectivity index (χ2v) is 7.24. The highest BCUT2D eigenvalue weighted by Crippen LogP contribution is 2.23. The van der Waals surface area contributed by atoms with Crippen molar-refractivity contribution in [2.45, 2.75) is 5.16 Å². The van der Waals surface area contributed by atoms with E-state index in [1.54, 1.807) is 6.20 Å². The molecule has 9 nitrogen and oxygen atoms in total. The molecule has 0 saturated carbocycles. The summed E-state index contributed by atoms with van der Waals surface area (Å²) in [6.45, 7) is 0. The van der Waals surface area contributed by atoms with E-state index in [0.29, 0.717) is 10.9 Å². The maximum Gasteiger partial charge on any atom is 0.337 e. The van der Waals surface area contributed by atoms with Crippen LogP contribution < -0.4 is 11.2 Å². The molecule has 10 heteroatoms. The van der Waals surface area contributed by atoms with Crippen LogP contribution in [-0.4, -0.2) is 47.5 Å². The zero-order valence-electron chi connectivity index (χ0n) is 16.8. The third-order valence-electron chi connectivity index (χ3n) is 4.16. The summed E-state index contributed by atoms with van der Waals surface area (Å²) in [6.07, 6.45) is 1.68. The summed E-state index contributed by atoms with van der Waals surface area (Å²) >= 11 is 1.15. The van der Waals surface area contributed by atoms with Gasteiger partial charge in [-0.15, -0.1) is 0 Å². The van der Waals surface area contributed by atoms with Gasteiger partial charge in [0.05, 0.1) is 43.0 Å². The minimum atomic E-state index is -0.644. The molecule has 0 radical (unpaired) electrons. The molecule has 1 aromatic heterocycles. The Labute approximate surface area is 182 Å². The number of rotatable bonds is 7. The molecule has 0 atom stereocenters. The molecule has 0 aliphatic carbocycles. The maximum absolute atomic E-state index is 12.4. The van der Waals surface area contributed by atoms with E-state index in [1.165, 1.54) is 37.1 Å². The van der Waals surface area contributed by atoms with Crippen LogP contribution >= 0.6 is 11.8 Å². The fourth-order valence-corrected chi connectivity index (χ4v) is 3.43. The van der Waals surface area contributed by atoms with Crippen LogP contribution in [0.3, 0.4) is 0 Å². The number of methoxy groups -OCH3 is 2. The van der Waals surface area contributed by atoms with Crippen molar-refractivity contribution in [2.24, 2.45) is 0 Å². The largest absolute Gasteiger partial charge is 0.465 e. The highest BCUT2D eigenvalue weighted by atomic mass is 32.2. The van der Waals surface area contributed by atoms with Crippen molar-refractivity contribution in [1.82, 2.24) is 9.66 Å². The third-order valence-corrected chi connectivity index (χ3v) is 5.13. The maximum atomic E-state index is 12.4. The molecule has 0 aliphatic rings. The number of benzene rings is 2. The Hall–Kier alpha value is -3.79. The van der Waals surface area contributed by atoms with Crippen LogP contribution in [0.4, 0.5) is 5.69 Å². The van der Waals surface area contributed by atoms with Gasteiger partial charge in [0.2, 0.25) is 5.91 Å². The molecule has 31 heavy (non-hydrogen) atoms. The molecule has 3 N–H and O–H groups in total. The number of hydrogen-bond acceptors (Lipinski definition) is 8. The Morgan fingerprint density at radius 1 is 1.03 bits per heavy atom. The predicted octanol–water partition coefficient (Wildman–Crippen LogP) is 2.57. The van der Waals surface area contributed by atoms with Crippen LogP contribution in [0.1, 0.15) is 20.7 Å². The molecule has 0 aliphatic heterocycles. The average Bonchev–Trinajstić information content (AvgIpc) is 3.17. The van der Waals surface area contributed by atoms with E-state index in [2.05, 4.69) is 19.8 Å². The first-order chi connectivity index (χ1) is 14.9. The van der Waals surface area contributed by atoms with Crippen molar-refractivity contribution in [3.63, 3.8) is 0 Å². The van der Waals surface area contributed by atoms with Gasteiger partial charge in [0.1, 0.15) is 0 Å². The minimum absolute atomic E-state index is 0.0124. The molecular weight excluding hydrogens is 420 g/mol. The quantitative estimate of drug-likeness (QED) is 0.326. The van der Waals surface area contributed by atoms with E-state index >= 15 is 0 Å². The first-order valence-electron chi connectivity index (χ1n) is 9.05. The summed E-state index contributed by atoms with van der Waals surface area (Å²) in [4.78, 5) is 40.6. The smallest absolute Gasteiger partial charge is 0.337 e. The van der Waals surface area contributed by atoms with E-state index in [-0.39, 0.29) is 28.5 Å². The van der Waals surface area contributed by atoms with Gasteiger partial charge in [0.25, 0.3) is 0 Å². The van der Waals surface area contributed by atoms with Gasteiger partial charge in [0, 0.05) is 11.3 Å². The number of thioether (sulfide) groups is 1. The highest BCUT2D eigenvalue weighted by Gasteiger charge is 2.16. The number of nitrogen functional groups attached to an aromatic ring is 1. The van der Waals surface area contributed by atoms with Crippen LogP contribution in [0.15, 0.2) is 59.9 Å². The number of nitrogens with two attached hydrogens (primary N) is 1. The lowest BCUT2D eigenvalue weighted by atomic mass is 10.1. The van der Waals surface area contributed by atoms with E-state index in [0.717, 1.165) is 17.3 Å². The van der Waals surface area contributed by atoms with Crippen molar-refractivity contribution in [3.8, 4) is 11.3 Å². The SMILES string of the molecule is COC(=O)c1cc(NC(=O)CSc2nc(-c3ccccc3)cn2N)cc(C(=O)OC)c1. The lowest BCUT2D eigenvalue weighted by molar-refractivity contribution is -0.113. The zero-order valence-corrected chi connectivity index (χ0v) is 17.6. The van der Waals surface area contributed by atoms with E-state index in [1.807, 2.05) is 30.3 Å². The topological polar surface area (TPSA) is 126 Å². The summed E-state index contributed by atoms with van der Waals surface area (Å²) in [5.41, 5.74) is 2.08. The van der Waals surface area contributed by atoms with Crippen LogP contribution in [0.25, 0.3) is 11.3 Å². The number of carbonyl (C=O) groups is 3. The fourth-order valence-electron chi connectivity index (χ4n) is 2.73. The Bertz CT molecular complexity index is 1080. The first-order valence-corrected chi connectivity index (χ1v) is 10.0. The van der Waals surface area contributed by atoms with Gasteiger partial charge < -0.3 is 20.6 Å². The Kier molecular flexibility index (Phi) is 6.93. The number of ether oxygens (including phenoxy) is 2. The summed E-state index contributed by atoms with van der Waals surface area (Å²) in [7, 11) is 2.45. The summed E-state index contributed by atoms with van der Waals surface area (Å²) in [5, 5.41) is 3.12. The number of aromatic nitrogens is 2. The van der Waals surface area contributed by atoms with Crippen LogP contribution in [-0.2, 0) is 14.3 Å². The van der Waals surface area contributed by atoms with Crippen LogP contribution in [0.2, 0.25) is 0 Å². The summed E-state index contributed by atoms with van der Waals surface area (Å²) in [6, 6.07) is 13.7. The lowest BCUT2D eigenvalue weighted by Crippen LogP contribution is -2.17. The molecule has 1 heterocycles. The second-order valence-electron chi connectivity index (χ2n) is 6.30. The van der Waals surface area contributed by atoms with Crippen molar-refractivity contribution in [1.29, 1.82) is 0 Å². The number of esters is 2. The monoisotopic (exact) mass is 440 g/mol. The number of nitrogens with zero attached hydrogens (tertiary/aromatic N) is 2. The molecule has 0 unspecified atom stereocenters. The Morgan fingerprint density at radius 2 is 1.65 bits per heavy atom. The van der Waals surface area contributed by atoms with Gasteiger partial charge in [-0.3, -0.25) is 4.79 Å². The van der Waals surface area contributed by atoms with E-state index in [9.17, 15) is 14.4 Å². The first kappa shape index (κ1) is 21.9. The standard InChI is InChI=1S/C21H20N4O5S/c1-29-19(27)14-8-15(20(28)30-2)10-16(9-14)23-18(26)12-31-21-24-17(11-25(21)22)13-6-4-3-5-7-13/h3-11H,12,22H2,1-2H3,(H,23,26). The van der Waals surface area contributed by atoms with Gasteiger partial charge in [-0.2, -0.15) is 0 Å². The summed E-state index contributed by atoms with van der Waals surface area (Å²) in [5.74, 6) is 4.31. The number of nitrogens with one attached hydrogen (secondary N) is 1. The average molecular weight is 440 g/mol. The zero-order chi connectivity index (χ0) is 22.4. The summed E-state index contributed by atoms with van der Waals surface area (Å²) < 4.78 is 10.7. The van der Waals surface area contributed by atoms with Gasteiger partial charge in [-0.25, -0.2) is 19.2 Å². The van der Waals surface area contributed by atoms with Crippen LogP contribution in [0, 0.1) is 0 Å². The molecule has 0 bridgehead atoms. The molecule has 2 aromatic carbocycles. The van der Waals surface area contributed by atoms with Crippen molar-refractivity contribution >= 4 is 35.3 Å². The van der Waals surface area contributed by atoms with Crippen molar-refractivity contribution in [3.05, 3.63) is 65.9 Å². The lowest BCUT2D eigenvalue weighted by Gasteiger charge is -2.09. The van der Waals surface area contributed by atoms with E-state index < -0.39 is 11.9 Å². The number of carbonyl (C=O) groups excluding carboxylic acids is 3. The number of anilines is 1. The van der Waals surface area contributed by atoms with E-state index in [4.69, 9.17) is 5.84 Å². The fraction of sp³-hybridized carbons (Fsp3) is 0.143. The minimum Gasteiger partial charge on any atom is -0.465 e. The second kappa shape index (κ2) is 9.81. The molecule has 3 rings (SSSR count). The molecule has 0 saturated heterocycles. The normalized spacial score (nSPS) is 10.4. The van der Waals surface area contributed by atoms with Gasteiger partial charge in [-0.1, -0.05) is 42.1 Å². The molecule has 0 fully saturated rings.